The number of nitrogens with one attached hydrogen (secondary N) is 3. The predicted molar refractivity (Wildman–Crippen MR) is 81.9 cm³/mol. The van der Waals surface area contributed by atoms with E-state index in [2.05, 4.69) is 16.0 Å². The summed E-state index contributed by atoms with van der Waals surface area (Å²) >= 11 is 0. The van der Waals surface area contributed by atoms with E-state index in [9.17, 15) is 4.79 Å². The number of rotatable bonds is 6. The Morgan fingerprint density at radius 3 is 2.80 bits per heavy atom. The van der Waals surface area contributed by atoms with Crippen LogP contribution in [0.25, 0.3) is 0 Å². The van der Waals surface area contributed by atoms with E-state index >= 15 is 0 Å². The average Bonchev–Trinajstić information content (AvgIpc) is 2.33. The molecular weight excluding hydrogens is 254 g/mol. The van der Waals surface area contributed by atoms with Gasteiger partial charge in [-0.2, -0.15) is 0 Å². The molecule has 0 saturated carbocycles. The molecule has 0 aliphatic carbocycles. The van der Waals surface area contributed by atoms with E-state index in [1.807, 2.05) is 27.7 Å². The van der Waals surface area contributed by atoms with Crippen LogP contribution >= 0.6 is 0 Å². The molecule has 1 rings (SSSR count). The second-order valence-corrected chi connectivity index (χ2v) is 6.75. The third-order valence-electron chi connectivity index (χ3n) is 3.35. The Morgan fingerprint density at radius 1 is 1.45 bits per heavy atom. The minimum Gasteiger partial charge on any atom is -0.444 e. The van der Waals surface area contributed by atoms with Crippen LogP contribution in [0.2, 0.25) is 0 Å². The molecule has 1 amide bonds. The molecule has 0 aromatic rings. The fourth-order valence-electron chi connectivity index (χ4n) is 2.30. The van der Waals surface area contributed by atoms with E-state index in [1.54, 1.807) is 0 Å². The van der Waals surface area contributed by atoms with Gasteiger partial charge in [-0.25, -0.2) is 4.79 Å². The highest BCUT2D eigenvalue weighted by Crippen LogP contribution is 2.08. The van der Waals surface area contributed by atoms with Gasteiger partial charge in [-0.15, -0.1) is 0 Å². The highest BCUT2D eigenvalue weighted by Gasteiger charge is 2.17. The Kier molecular flexibility index (Phi) is 7.30. The number of carbonyl (C=O) groups is 1. The third kappa shape index (κ3) is 8.38. The van der Waals surface area contributed by atoms with Gasteiger partial charge in [-0.3, -0.25) is 0 Å². The molecule has 1 aliphatic rings. The molecule has 0 bridgehead atoms. The van der Waals surface area contributed by atoms with Gasteiger partial charge in [-0.05, 0) is 79.1 Å². The maximum atomic E-state index is 11.6. The van der Waals surface area contributed by atoms with Gasteiger partial charge in [0.15, 0.2) is 0 Å². The lowest BCUT2D eigenvalue weighted by atomic mass is 10.00. The lowest BCUT2D eigenvalue weighted by molar-refractivity contribution is 0.0506. The Bertz CT molecular complexity index is 283. The summed E-state index contributed by atoms with van der Waals surface area (Å²) in [5.41, 5.74) is -0.434. The molecule has 2 unspecified atom stereocenters. The van der Waals surface area contributed by atoms with Crippen LogP contribution in [0.1, 0.15) is 47.0 Å². The monoisotopic (exact) mass is 285 g/mol. The van der Waals surface area contributed by atoms with Gasteiger partial charge in [0.1, 0.15) is 5.60 Å². The number of piperidine rings is 1. The van der Waals surface area contributed by atoms with E-state index < -0.39 is 5.60 Å². The van der Waals surface area contributed by atoms with E-state index in [4.69, 9.17) is 4.74 Å². The fraction of sp³-hybridized carbons (Fsp3) is 0.933. The summed E-state index contributed by atoms with van der Waals surface area (Å²) in [5, 5.41) is 9.76. The second kappa shape index (κ2) is 8.47. The van der Waals surface area contributed by atoms with Crippen molar-refractivity contribution >= 4 is 6.09 Å². The number of ether oxygens (including phenoxy) is 1. The largest absolute Gasteiger partial charge is 0.444 e. The van der Waals surface area contributed by atoms with Gasteiger partial charge in [0.2, 0.25) is 0 Å². The Hall–Kier alpha value is -0.810. The molecule has 2 atom stereocenters. The van der Waals surface area contributed by atoms with Crippen molar-refractivity contribution in [3.8, 4) is 0 Å². The molecule has 0 spiro atoms. The molecule has 3 N–H and O–H groups in total. The van der Waals surface area contributed by atoms with Crippen molar-refractivity contribution in [2.24, 2.45) is 5.92 Å². The van der Waals surface area contributed by atoms with Crippen molar-refractivity contribution in [2.45, 2.75) is 58.6 Å². The summed E-state index contributed by atoms with van der Waals surface area (Å²) in [7, 11) is 0. The van der Waals surface area contributed by atoms with Crippen LogP contribution in [0, 0.1) is 5.92 Å². The summed E-state index contributed by atoms with van der Waals surface area (Å²) in [4.78, 5) is 11.6. The first-order valence-electron chi connectivity index (χ1n) is 7.78. The van der Waals surface area contributed by atoms with Gasteiger partial charge in [0, 0.05) is 6.04 Å². The Labute approximate surface area is 123 Å². The summed E-state index contributed by atoms with van der Waals surface area (Å²) in [6.07, 6.45) is 3.18. The maximum Gasteiger partial charge on any atom is 0.407 e. The normalized spacial score (nSPS) is 21.3. The minimum absolute atomic E-state index is 0.127. The number of hydrogen-bond donors (Lipinski definition) is 3. The summed E-state index contributed by atoms with van der Waals surface area (Å²) in [5.74, 6) is 0.748. The standard InChI is InChI=1S/C15H31N3O2/c1-12(18-14(19)20-15(2,3)4)7-9-17-11-13-6-5-8-16-10-13/h12-13,16-17H,5-11H2,1-4H3,(H,18,19). The van der Waals surface area contributed by atoms with Crippen molar-refractivity contribution in [1.82, 2.24) is 16.0 Å². The molecule has 1 saturated heterocycles. The first kappa shape index (κ1) is 17.2. The molecule has 20 heavy (non-hydrogen) atoms. The van der Waals surface area contributed by atoms with Gasteiger partial charge < -0.3 is 20.7 Å². The van der Waals surface area contributed by atoms with E-state index in [-0.39, 0.29) is 12.1 Å². The smallest absolute Gasteiger partial charge is 0.407 e. The van der Waals surface area contributed by atoms with Gasteiger partial charge >= 0.3 is 6.09 Å². The van der Waals surface area contributed by atoms with Crippen molar-refractivity contribution < 1.29 is 9.53 Å². The zero-order valence-corrected chi connectivity index (χ0v) is 13.4. The first-order valence-corrected chi connectivity index (χ1v) is 7.78. The number of amides is 1. The molecule has 0 aromatic heterocycles. The van der Waals surface area contributed by atoms with E-state index in [1.165, 1.54) is 12.8 Å². The molecule has 5 heteroatoms. The summed E-state index contributed by atoms with van der Waals surface area (Å²) in [6, 6.07) is 0.127. The quantitative estimate of drug-likeness (QED) is 0.652. The lowest BCUT2D eigenvalue weighted by Crippen LogP contribution is -2.40. The third-order valence-corrected chi connectivity index (χ3v) is 3.35. The number of carbonyl (C=O) groups excluding carboxylic acids is 1. The van der Waals surface area contributed by atoms with Crippen LogP contribution in [0.15, 0.2) is 0 Å². The first-order chi connectivity index (χ1) is 9.37. The summed E-state index contributed by atoms with van der Waals surface area (Å²) in [6.45, 7) is 11.9. The molecule has 1 fully saturated rings. The average molecular weight is 285 g/mol. The van der Waals surface area contributed by atoms with Crippen LogP contribution in [-0.2, 0) is 4.74 Å². The van der Waals surface area contributed by atoms with E-state index in [0.717, 1.165) is 38.5 Å². The zero-order valence-electron chi connectivity index (χ0n) is 13.4. The fourth-order valence-corrected chi connectivity index (χ4v) is 2.30. The molecular formula is C15H31N3O2. The molecule has 5 nitrogen and oxygen atoms in total. The van der Waals surface area contributed by atoms with Crippen molar-refractivity contribution in [3.63, 3.8) is 0 Å². The second-order valence-electron chi connectivity index (χ2n) is 6.75. The SMILES string of the molecule is CC(CCNCC1CCCNC1)NC(=O)OC(C)(C)C. The maximum absolute atomic E-state index is 11.6. The van der Waals surface area contributed by atoms with Crippen LogP contribution < -0.4 is 16.0 Å². The van der Waals surface area contributed by atoms with Crippen molar-refractivity contribution in [2.75, 3.05) is 26.2 Å². The Balaban J connectivity index is 2.04. The van der Waals surface area contributed by atoms with E-state index in [0.29, 0.717) is 0 Å². The summed E-state index contributed by atoms with van der Waals surface area (Å²) < 4.78 is 5.23. The number of alkyl carbamates (subject to hydrolysis) is 1. The Morgan fingerprint density at radius 2 is 2.20 bits per heavy atom. The van der Waals surface area contributed by atoms with Crippen LogP contribution in [0.5, 0.6) is 0 Å². The molecule has 0 radical (unpaired) electrons. The zero-order chi connectivity index (χ0) is 15.0. The lowest BCUT2D eigenvalue weighted by Gasteiger charge is -2.24. The molecule has 118 valence electrons. The van der Waals surface area contributed by atoms with Gasteiger partial charge in [-0.1, -0.05) is 0 Å². The molecule has 1 aliphatic heterocycles. The molecule has 1 heterocycles. The number of hydrogen-bond acceptors (Lipinski definition) is 4. The highest BCUT2D eigenvalue weighted by atomic mass is 16.6. The molecule has 0 aromatic carbocycles. The van der Waals surface area contributed by atoms with Crippen LogP contribution in [-0.4, -0.2) is 43.9 Å². The van der Waals surface area contributed by atoms with Crippen LogP contribution in [0.4, 0.5) is 4.79 Å². The topological polar surface area (TPSA) is 62.4 Å². The minimum atomic E-state index is -0.434. The highest BCUT2D eigenvalue weighted by molar-refractivity contribution is 5.67. The predicted octanol–water partition coefficient (Wildman–Crippen LogP) is 1.88. The van der Waals surface area contributed by atoms with Gasteiger partial charge in [0.25, 0.3) is 0 Å². The van der Waals surface area contributed by atoms with Crippen LogP contribution in [0.3, 0.4) is 0 Å². The van der Waals surface area contributed by atoms with Crippen molar-refractivity contribution in [3.05, 3.63) is 0 Å². The van der Waals surface area contributed by atoms with Crippen molar-refractivity contribution in [1.29, 1.82) is 0 Å². The van der Waals surface area contributed by atoms with Gasteiger partial charge in [0.05, 0.1) is 0 Å².